The SMILES string of the molecule is Nc1cccc(C#Cc2c(Cl)cc(Cl)cc2Cl)c1. The number of benzene rings is 2. The van der Waals surface area contributed by atoms with Gasteiger partial charge in [0.25, 0.3) is 0 Å². The lowest BCUT2D eigenvalue weighted by molar-refractivity contribution is 1.61. The van der Waals surface area contributed by atoms with Crippen LogP contribution in [-0.2, 0) is 0 Å². The van der Waals surface area contributed by atoms with Gasteiger partial charge in [-0.1, -0.05) is 52.7 Å². The second-order valence-electron chi connectivity index (χ2n) is 3.62. The third-order valence-corrected chi connectivity index (χ3v) is 3.04. The Morgan fingerprint density at radius 1 is 0.889 bits per heavy atom. The van der Waals surface area contributed by atoms with Crippen LogP contribution in [0.15, 0.2) is 36.4 Å². The summed E-state index contributed by atoms with van der Waals surface area (Å²) in [4.78, 5) is 0. The molecule has 4 heteroatoms. The number of halogens is 3. The first-order valence-corrected chi connectivity index (χ1v) is 6.22. The van der Waals surface area contributed by atoms with Crippen LogP contribution < -0.4 is 5.73 Å². The summed E-state index contributed by atoms with van der Waals surface area (Å²) in [6, 6.07) is 10.5. The van der Waals surface area contributed by atoms with E-state index in [9.17, 15) is 0 Å². The van der Waals surface area contributed by atoms with Crippen LogP contribution in [0.3, 0.4) is 0 Å². The molecule has 0 aromatic heterocycles. The van der Waals surface area contributed by atoms with Crippen molar-refractivity contribution in [3.05, 3.63) is 62.6 Å². The van der Waals surface area contributed by atoms with Gasteiger partial charge in [-0.25, -0.2) is 0 Å². The third-order valence-electron chi connectivity index (χ3n) is 2.23. The highest BCUT2D eigenvalue weighted by Gasteiger charge is 2.04. The van der Waals surface area contributed by atoms with Crippen molar-refractivity contribution < 1.29 is 0 Å². The van der Waals surface area contributed by atoms with Gasteiger partial charge in [-0.2, -0.15) is 0 Å². The topological polar surface area (TPSA) is 26.0 Å². The molecule has 0 saturated carbocycles. The van der Waals surface area contributed by atoms with Crippen LogP contribution in [0.1, 0.15) is 11.1 Å². The minimum Gasteiger partial charge on any atom is -0.399 e. The lowest BCUT2D eigenvalue weighted by Gasteiger charge is -2.00. The molecule has 90 valence electrons. The first-order valence-electron chi connectivity index (χ1n) is 5.08. The Labute approximate surface area is 120 Å². The van der Waals surface area contributed by atoms with Gasteiger partial charge >= 0.3 is 0 Å². The second kappa shape index (κ2) is 5.54. The minimum atomic E-state index is 0.434. The number of nitrogens with two attached hydrogens (primary N) is 1. The number of hydrogen-bond acceptors (Lipinski definition) is 1. The third kappa shape index (κ3) is 3.11. The predicted molar refractivity (Wildman–Crippen MR) is 78.3 cm³/mol. The van der Waals surface area contributed by atoms with Gasteiger partial charge in [-0.15, -0.1) is 0 Å². The summed E-state index contributed by atoms with van der Waals surface area (Å²) in [5.74, 6) is 5.88. The molecular weight excluding hydrogens is 289 g/mol. The average molecular weight is 297 g/mol. The highest BCUT2D eigenvalue weighted by Crippen LogP contribution is 2.28. The lowest BCUT2D eigenvalue weighted by Crippen LogP contribution is -1.85. The van der Waals surface area contributed by atoms with Crippen LogP contribution in [-0.4, -0.2) is 0 Å². The lowest BCUT2D eigenvalue weighted by atomic mass is 10.1. The smallest absolute Gasteiger partial charge is 0.0622 e. The standard InChI is InChI=1S/C14H8Cl3N/c15-10-7-13(16)12(14(17)8-10)5-4-9-2-1-3-11(18)6-9/h1-3,6-8H,18H2. The van der Waals surface area contributed by atoms with Crippen molar-refractivity contribution in [1.29, 1.82) is 0 Å². The van der Waals surface area contributed by atoms with E-state index in [0.29, 0.717) is 26.3 Å². The Bertz CT molecular complexity index is 631. The number of nitrogen functional groups attached to an aromatic ring is 1. The molecule has 0 fully saturated rings. The van der Waals surface area contributed by atoms with E-state index >= 15 is 0 Å². The van der Waals surface area contributed by atoms with E-state index in [0.717, 1.165) is 5.56 Å². The molecule has 0 heterocycles. The molecule has 2 N–H and O–H groups in total. The van der Waals surface area contributed by atoms with Crippen LogP contribution in [0.5, 0.6) is 0 Å². The largest absolute Gasteiger partial charge is 0.399 e. The van der Waals surface area contributed by atoms with Gasteiger partial charge in [0.05, 0.1) is 15.6 Å². The van der Waals surface area contributed by atoms with Crippen molar-refractivity contribution in [3.63, 3.8) is 0 Å². The second-order valence-corrected chi connectivity index (χ2v) is 4.87. The first kappa shape index (κ1) is 13.1. The molecule has 1 nitrogen and oxygen atoms in total. The van der Waals surface area contributed by atoms with Crippen molar-refractivity contribution in [2.24, 2.45) is 0 Å². The van der Waals surface area contributed by atoms with Crippen LogP contribution in [0.25, 0.3) is 0 Å². The van der Waals surface area contributed by atoms with Crippen LogP contribution >= 0.6 is 34.8 Å². The van der Waals surface area contributed by atoms with Crippen molar-refractivity contribution in [2.45, 2.75) is 0 Å². The molecule has 0 aliphatic heterocycles. The Morgan fingerprint density at radius 3 is 2.17 bits per heavy atom. The maximum absolute atomic E-state index is 6.04. The van der Waals surface area contributed by atoms with Crippen LogP contribution in [0.2, 0.25) is 15.1 Å². The van der Waals surface area contributed by atoms with E-state index in [1.165, 1.54) is 0 Å². The van der Waals surface area contributed by atoms with Gasteiger partial charge in [-0.3, -0.25) is 0 Å². The van der Waals surface area contributed by atoms with Gasteiger partial charge in [-0.05, 0) is 30.3 Å². The molecule has 2 rings (SSSR count). The summed E-state index contributed by atoms with van der Waals surface area (Å²) in [5.41, 5.74) is 7.70. The van der Waals surface area contributed by atoms with E-state index in [1.54, 1.807) is 24.3 Å². The molecule has 2 aromatic carbocycles. The van der Waals surface area contributed by atoms with Gasteiger partial charge in [0.15, 0.2) is 0 Å². The highest BCUT2D eigenvalue weighted by molar-refractivity contribution is 6.39. The van der Waals surface area contributed by atoms with E-state index in [1.807, 2.05) is 12.1 Å². The number of anilines is 1. The maximum atomic E-state index is 6.04. The average Bonchev–Trinajstić information content (AvgIpc) is 2.27. The van der Waals surface area contributed by atoms with Crippen molar-refractivity contribution in [3.8, 4) is 11.8 Å². The summed E-state index contributed by atoms with van der Waals surface area (Å²) >= 11 is 17.9. The van der Waals surface area contributed by atoms with E-state index < -0.39 is 0 Å². The zero-order valence-electron chi connectivity index (χ0n) is 9.18. The van der Waals surface area contributed by atoms with Crippen molar-refractivity contribution in [2.75, 3.05) is 5.73 Å². The van der Waals surface area contributed by atoms with Crippen LogP contribution in [0, 0.1) is 11.8 Å². The summed E-state index contributed by atoms with van der Waals surface area (Å²) in [5, 5.41) is 1.35. The molecule has 2 aromatic rings. The van der Waals surface area contributed by atoms with Gasteiger partial charge in [0.1, 0.15) is 0 Å². The van der Waals surface area contributed by atoms with Gasteiger partial charge < -0.3 is 5.73 Å². The fourth-order valence-electron chi connectivity index (χ4n) is 1.41. The first-order chi connectivity index (χ1) is 8.56. The molecule has 0 atom stereocenters. The summed E-state index contributed by atoms with van der Waals surface area (Å²) in [6.07, 6.45) is 0. The quantitative estimate of drug-likeness (QED) is 0.557. The Morgan fingerprint density at radius 2 is 1.56 bits per heavy atom. The van der Waals surface area contributed by atoms with Crippen molar-refractivity contribution in [1.82, 2.24) is 0 Å². The van der Waals surface area contributed by atoms with Crippen molar-refractivity contribution >= 4 is 40.5 Å². The molecule has 0 aliphatic rings. The zero-order valence-corrected chi connectivity index (χ0v) is 11.4. The molecule has 0 unspecified atom stereocenters. The van der Waals surface area contributed by atoms with Gasteiger partial charge in [0.2, 0.25) is 0 Å². The number of hydrogen-bond donors (Lipinski definition) is 1. The molecule has 18 heavy (non-hydrogen) atoms. The molecule has 0 radical (unpaired) electrons. The fraction of sp³-hybridized carbons (Fsp3) is 0. The Balaban J connectivity index is 2.42. The number of rotatable bonds is 0. The maximum Gasteiger partial charge on any atom is 0.0622 e. The fourth-order valence-corrected chi connectivity index (χ4v) is 2.32. The summed E-state index contributed by atoms with van der Waals surface area (Å²) in [7, 11) is 0. The molecule has 0 amide bonds. The van der Waals surface area contributed by atoms with E-state index in [2.05, 4.69) is 11.8 Å². The normalized spacial score (nSPS) is 9.72. The molecule has 0 spiro atoms. The summed E-state index contributed by atoms with van der Waals surface area (Å²) < 4.78 is 0. The molecule has 0 aliphatic carbocycles. The van der Waals surface area contributed by atoms with E-state index in [4.69, 9.17) is 40.5 Å². The minimum absolute atomic E-state index is 0.434. The Kier molecular flexibility index (Phi) is 4.04. The highest BCUT2D eigenvalue weighted by atomic mass is 35.5. The predicted octanol–water partition coefficient (Wildman–Crippen LogP) is 4.63. The Hall–Kier alpha value is -1.33. The molecule has 0 saturated heterocycles. The van der Waals surface area contributed by atoms with E-state index in [-0.39, 0.29) is 0 Å². The van der Waals surface area contributed by atoms with Gasteiger partial charge in [0, 0.05) is 16.3 Å². The zero-order chi connectivity index (χ0) is 13.1. The summed E-state index contributed by atoms with van der Waals surface area (Å²) in [6.45, 7) is 0. The monoisotopic (exact) mass is 295 g/mol. The van der Waals surface area contributed by atoms with Crippen LogP contribution in [0.4, 0.5) is 5.69 Å². The molecule has 0 bridgehead atoms. The molecular formula is C14H8Cl3N.